The van der Waals surface area contributed by atoms with Crippen molar-refractivity contribution in [3.05, 3.63) is 12.2 Å². The number of carbonyl (C=O) groups excluding carboxylic acids is 2. The third-order valence-corrected chi connectivity index (χ3v) is 1.48. The lowest BCUT2D eigenvalue weighted by Gasteiger charge is -2.12. The number of nitrogens with one attached hydrogen (secondary N) is 1. The van der Waals surface area contributed by atoms with Crippen LogP contribution in [0.4, 0.5) is 0 Å². The Morgan fingerprint density at radius 2 is 1.73 bits per heavy atom. The second-order valence-corrected chi connectivity index (χ2v) is 2.89. The van der Waals surface area contributed by atoms with Crippen LogP contribution in [-0.2, 0) is 9.59 Å². The summed E-state index contributed by atoms with van der Waals surface area (Å²) in [6.45, 7) is 3.80. The molecule has 60 valence electrons. The van der Waals surface area contributed by atoms with Gasteiger partial charge >= 0.3 is 0 Å². The first kappa shape index (κ1) is 8.14. The molecular formula is C8H11NO2. The summed E-state index contributed by atoms with van der Waals surface area (Å²) in [5.74, 6) is -0.271. The Morgan fingerprint density at radius 1 is 1.27 bits per heavy atom. The lowest BCUT2D eigenvalue weighted by Crippen LogP contribution is -2.42. The molecule has 11 heavy (non-hydrogen) atoms. The van der Waals surface area contributed by atoms with Crippen LogP contribution in [0.3, 0.4) is 0 Å². The Morgan fingerprint density at radius 3 is 2.09 bits per heavy atom. The van der Waals surface area contributed by atoms with Gasteiger partial charge in [-0.25, -0.2) is 0 Å². The van der Waals surface area contributed by atoms with Crippen LogP contribution in [-0.4, -0.2) is 23.7 Å². The zero-order chi connectivity index (χ0) is 8.43. The minimum Gasteiger partial charge on any atom is -0.299 e. The van der Waals surface area contributed by atoms with Gasteiger partial charge in [-0.2, -0.15) is 0 Å². The van der Waals surface area contributed by atoms with Gasteiger partial charge in [0.25, 0.3) is 0 Å². The van der Waals surface area contributed by atoms with Gasteiger partial charge in [-0.3, -0.25) is 14.9 Å². The summed E-state index contributed by atoms with van der Waals surface area (Å²) < 4.78 is 0. The van der Waals surface area contributed by atoms with E-state index in [1.54, 1.807) is 0 Å². The molecule has 1 aliphatic carbocycles. The Balaban J connectivity index is 2.59. The van der Waals surface area contributed by atoms with Crippen molar-refractivity contribution in [1.29, 1.82) is 0 Å². The lowest BCUT2D eigenvalue weighted by atomic mass is 10.2. The molecule has 0 aromatic rings. The predicted molar refractivity (Wildman–Crippen MR) is 41.2 cm³/mol. The van der Waals surface area contributed by atoms with E-state index in [-0.39, 0.29) is 17.6 Å². The van der Waals surface area contributed by atoms with E-state index < -0.39 is 6.04 Å². The summed E-state index contributed by atoms with van der Waals surface area (Å²) in [5.41, 5.74) is 0. The second kappa shape index (κ2) is 2.96. The zero-order valence-corrected chi connectivity index (χ0v) is 6.63. The van der Waals surface area contributed by atoms with Crippen molar-refractivity contribution in [2.75, 3.05) is 0 Å². The molecule has 1 aliphatic rings. The van der Waals surface area contributed by atoms with E-state index in [0.29, 0.717) is 0 Å². The van der Waals surface area contributed by atoms with Gasteiger partial charge in [0, 0.05) is 6.04 Å². The van der Waals surface area contributed by atoms with E-state index in [9.17, 15) is 9.59 Å². The van der Waals surface area contributed by atoms with Crippen LogP contribution in [0.2, 0.25) is 0 Å². The summed E-state index contributed by atoms with van der Waals surface area (Å²) in [7, 11) is 0. The molecule has 0 atom stereocenters. The minimum absolute atomic E-state index is 0.135. The highest BCUT2D eigenvalue weighted by Gasteiger charge is 2.27. The maximum absolute atomic E-state index is 11.0. The number of hydrogen-bond donors (Lipinski definition) is 1. The molecule has 0 radical (unpaired) electrons. The fraction of sp³-hybridized carbons (Fsp3) is 0.500. The van der Waals surface area contributed by atoms with Crippen LogP contribution in [0.5, 0.6) is 0 Å². The minimum atomic E-state index is -0.616. The Bertz CT molecular complexity index is 200. The van der Waals surface area contributed by atoms with Gasteiger partial charge in [0.15, 0.2) is 11.6 Å². The number of ketones is 2. The predicted octanol–water partition coefficient (Wildman–Crippen LogP) is 0.0610. The third-order valence-electron chi connectivity index (χ3n) is 1.48. The molecule has 0 spiro atoms. The second-order valence-electron chi connectivity index (χ2n) is 2.89. The van der Waals surface area contributed by atoms with Gasteiger partial charge in [-0.15, -0.1) is 0 Å². The summed E-state index contributed by atoms with van der Waals surface area (Å²) in [4.78, 5) is 21.9. The number of hydrogen-bond acceptors (Lipinski definition) is 3. The molecule has 0 aliphatic heterocycles. The van der Waals surface area contributed by atoms with Crippen molar-refractivity contribution in [2.45, 2.75) is 25.9 Å². The molecule has 0 amide bonds. The first-order valence-electron chi connectivity index (χ1n) is 3.63. The molecule has 1 rings (SSSR count). The molecular weight excluding hydrogens is 142 g/mol. The summed E-state index contributed by atoms with van der Waals surface area (Å²) >= 11 is 0. The highest BCUT2D eigenvalue weighted by atomic mass is 16.2. The highest BCUT2D eigenvalue weighted by molar-refractivity contribution is 6.22. The first-order chi connectivity index (χ1) is 5.11. The van der Waals surface area contributed by atoms with Crippen LogP contribution < -0.4 is 5.32 Å². The third kappa shape index (κ3) is 1.74. The molecule has 0 unspecified atom stereocenters. The molecule has 3 heteroatoms. The Hall–Kier alpha value is -0.960. The van der Waals surface area contributed by atoms with Crippen LogP contribution >= 0.6 is 0 Å². The summed E-state index contributed by atoms with van der Waals surface area (Å²) in [6.07, 6.45) is 2.64. The van der Waals surface area contributed by atoms with Gasteiger partial charge in [-0.1, -0.05) is 0 Å². The van der Waals surface area contributed by atoms with E-state index in [1.165, 1.54) is 12.2 Å². The van der Waals surface area contributed by atoms with Gasteiger partial charge in [0.1, 0.15) is 6.04 Å². The Labute approximate surface area is 65.5 Å². The number of rotatable bonds is 2. The molecule has 3 nitrogen and oxygen atoms in total. The van der Waals surface area contributed by atoms with Crippen LogP contribution in [0.25, 0.3) is 0 Å². The molecule has 0 saturated heterocycles. The van der Waals surface area contributed by atoms with E-state index >= 15 is 0 Å². The molecule has 0 heterocycles. The van der Waals surface area contributed by atoms with Crippen molar-refractivity contribution in [3.8, 4) is 0 Å². The average molecular weight is 153 g/mol. The van der Waals surface area contributed by atoms with Gasteiger partial charge < -0.3 is 0 Å². The van der Waals surface area contributed by atoms with E-state index in [0.717, 1.165) is 0 Å². The standard InChI is InChI=1S/C8H11NO2/c1-5(2)9-8-6(10)3-4-7(8)11/h3-5,8-9H,1-2H3. The summed E-state index contributed by atoms with van der Waals surface area (Å²) in [5, 5.41) is 2.88. The van der Waals surface area contributed by atoms with E-state index in [2.05, 4.69) is 5.32 Å². The molecule has 0 fully saturated rings. The fourth-order valence-corrected chi connectivity index (χ4v) is 0.995. The quantitative estimate of drug-likeness (QED) is 0.571. The van der Waals surface area contributed by atoms with Crippen molar-refractivity contribution in [2.24, 2.45) is 0 Å². The maximum atomic E-state index is 11.0. The van der Waals surface area contributed by atoms with Crippen LogP contribution in [0.15, 0.2) is 12.2 Å². The largest absolute Gasteiger partial charge is 0.299 e. The van der Waals surface area contributed by atoms with Crippen molar-refractivity contribution >= 4 is 11.6 Å². The molecule has 0 aromatic carbocycles. The number of carbonyl (C=O) groups is 2. The summed E-state index contributed by atoms with van der Waals surface area (Å²) in [6, 6.07) is -0.456. The highest BCUT2D eigenvalue weighted by Crippen LogP contribution is 2.02. The fourth-order valence-electron chi connectivity index (χ4n) is 0.995. The maximum Gasteiger partial charge on any atom is 0.180 e. The lowest BCUT2D eigenvalue weighted by molar-refractivity contribution is -0.123. The topological polar surface area (TPSA) is 46.2 Å². The van der Waals surface area contributed by atoms with E-state index in [1.807, 2.05) is 13.8 Å². The van der Waals surface area contributed by atoms with Crippen LogP contribution in [0, 0.1) is 0 Å². The molecule has 0 aromatic heterocycles. The molecule has 0 saturated carbocycles. The smallest absolute Gasteiger partial charge is 0.180 e. The van der Waals surface area contributed by atoms with Crippen LogP contribution in [0.1, 0.15) is 13.8 Å². The van der Waals surface area contributed by atoms with Gasteiger partial charge in [0.05, 0.1) is 0 Å². The first-order valence-corrected chi connectivity index (χ1v) is 3.63. The van der Waals surface area contributed by atoms with Crippen molar-refractivity contribution in [1.82, 2.24) is 5.32 Å². The van der Waals surface area contributed by atoms with Gasteiger partial charge in [-0.05, 0) is 26.0 Å². The average Bonchev–Trinajstić information content (AvgIpc) is 2.18. The Kier molecular flexibility index (Phi) is 2.19. The molecule has 0 bridgehead atoms. The van der Waals surface area contributed by atoms with Crippen molar-refractivity contribution < 1.29 is 9.59 Å². The van der Waals surface area contributed by atoms with E-state index in [4.69, 9.17) is 0 Å². The normalized spacial score (nSPS) is 18.8. The zero-order valence-electron chi connectivity index (χ0n) is 6.63. The van der Waals surface area contributed by atoms with Gasteiger partial charge in [0.2, 0.25) is 0 Å². The van der Waals surface area contributed by atoms with Crippen molar-refractivity contribution in [3.63, 3.8) is 0 Å². The monoisotopic (exact) mass is 153 g/mol. The SMILES string of the molecule is CC(C)NC1C(=O)C=CC1=O. The molecule has 1 N–H and O–H groups in total.